The molecule has 3 rings (SSSR count). The van der Waals surface area contributed by atoms with E-state index in [9.17, 15) is 10.1 Å². The molecular weight excluding hydrogens is 334 g/mol. The van der Waals surface area contributed by atoms with Crippen molar-refractivity contribution in [2.45, 2.75) is 6.54 Å². The molecule has 9 heteroatoms. The van der Waals surface area contributed by atoms with Crippen molar-refractivity contribution in [1.82, 2.24) is 9.97 Å². The maximum absolute atomic E-state index is 10.9. The van der Waals surface area contributed by atoms with Crippen LogP contribution >= 0.6 is 11.6 Å². The number of rotatable bonds is 5. The topological polar surface area (TPSA) is 93.4 Å². The summed E-state index contributed by atoms with van der Waals surface area (Å²) in [5.74, 6) is 0.600. The molecule has 0 atom stereocenters. The second-order valence-corrected chi connectivity index (χ2v) is 5.59. The van der Waals surface area contributed by atoms with Crippen LogP contribution in [0.25, 0.3) is 0 Å². The van der Waals surface area contributed by atoms with Crippen molar-refractivity contribution in [2.24, 2.45) is 0 Å². The van der Waals surface area contributed by atoms with E-state index in [2.05, 4.69) is 20.2 Å². The van der Waals surface area contributed by atoms with Gasteiger partial charge in [0.1, 0.15) is 0 Å². The Morgan fingerprint density at radius 2 is 2.17 bits per heavy atom. The molecule has 0 saturated carbocycles. The number of benzene rings is 1. The molecule has 1 saturated heterocycles. The lowest BCUT2D eigenvalue weighted by Crippen LogP contribution is -2.36. The normalized spacial score (nSPS) is 14.5. The van der Waals surface area contributed by atoms with Crippen LogP contribution in [0, 0.1) is 10.1 Å². The van der Waals surface area contributed by atoms with Crippen molar-refractivity contribution >= 4 is 28.8 Å². The summed E-state index contributed by atoms with van der Waals surface area (Å²) in [6.45, 7) is 3.18. The third kappa shape index (κ3) is 3.90. The standard InChI is InChI=1S/C15H16ClN5O3/c16-15-18-10-13(20-4-6-24-7-5-20)14(19-15)17-9-11-2-1-3-12(8-11)21(22)23/h1-3,8,10H,4-7,9H2,(H,17,18,19). The molecule has 1 aromatic carbocycles. The Morgan fingerprint density at radius 3 is 2.92 bits per heavy atom. The average molecular weight is 350 g/mol. The molecule has 1 N–H and O–H groups in total. The number of nitrogens with zero attached hydrogens (tertiary/aromatic N) is 4. The maximum atomic E-state index is 10.9. The number of aromatic nitrogens is 2. The largest absolute Gasteiger partial charge is 0.378 e. The highest BCUT2D eigenvalue weighted by Crippen LogP contribution is 2.26. The first-order chi connectivity index (χ1) is 11.6. The van der Waals surface area contributed by atoms with Gasteiger partial charge in [-0.2, -0.15) is 4.98 Å². The summed E-state index contributed by atoms with van der Waals surface area (Å²) >= 11 is 5.91. The Bertz CT molecular complexity index is 737. The zero-order chi connectivity index (χ0) is 16.9. The SMILES string of the molecule is O=[N+]([O-])c1cccc(CNc2nc(Cl)ncc2N2CCOCC2)c1. The molecule has 1 fully saturated rings. The fourth-order valence-electron chi connectivity index (χ4n) is 2.49. The lowest BCUT2D eigenvalue weighted by atomic mass is 10.2. The second kappa shape index (κ2) is 7.41. The number of nitro groups is 1. The van der Waals surface area contributed by atoms with Gasteiger partial charge >= 0.3 is 0 Å². The van der Waals surface area contributed by atoms with Crippen molar-refractivity contribution in [3.8, 4) is 0 Å². The number of nitro benzene ring substituents is 1. The van der Waals surface area contributed by atoms with Gasteiger partial charge in [0.15, 0.2) is 5.82 Å². The smallest absolute Gasteiger partial charge is 0.269 e. The van der Waals surface area contributed by atoms with Crippen molar-refractivity contribution in [3.63, 3.8) is 0 Å². The van der Waals surface area contributed by atoms with Crippen LogP contribution in [0.5, 0.6) is 0 Å². The van der Waals surface area contributed by atoms with Gasteiger partial charge in [-0.25, -0.2) is 4.98 Å². The Morgan fingerprint density at radius 1 is 1.38 bits per heavy atom. The number of hydrogen-bond donors (Lipinski definition) is 1. The van der Waals surface area contributed by atoms with Crippen molar-refractivity contribution in [1.29, 1.82) is 0 Å². The number of non-ortho nitro benzene ring substituents is 1. The van der Waals surface area contributed by atoms with Crippen molar-refractivity contribution < 1.29 is 9.66 Å². The van der Waals surface area contributed by atoms with Crippen LogP contribution in [0.4, 0.5) is 17.2 Å². The molecule has 1 aliphatic heterocycles. The van der Waals surface area contributed by atoms with Crippen LogP contribution in [-0.2, 0) is 11.3 Å². The van der Waals surface area contributed by atoms with Crippen molar-refractivity contribution in [2.75, 3.05) is 36.5 Å². The lowest BCUT2D eigenvalue weighted by molar-refractivity contribution is -0.384. The van der Waals surface area contributed by atoms with Gasteiger partial charge in [0.05, 0.1) is 30.0 Å². The molecule has 0 unspecified atom stereocenters. The number of hydrogen-bond acceptors (Lipinski definition) is 7. The fraction of sp³-hybridized carbons (Fsp3) is 0.333. The molecule has 126 valence electrons. The molecular formula is C15H16ClN5O3. The van der Waals surface area contributed by atoms with E-state index >= 15 is 0 Å². The van der Waals surface area contributed by atoms with Crippen LogP contribution in [0.15, 0.2) is 30.5 Å². The molecule has 0 radical (unpaired) electrons. The van der Waals surface area contributed by atoms with E-state index in [1.165, 1.54) is 12.1 Å². The molecule has 1 aliphatic rings. The minimum atomic E-state index is -0.412. The van der Waals surface area contributed by atoms with Gasteiger partial charge in [0.25, 0.3) is 5.69 Å². The van der Waals surface area contributed by atoms with Crippen LogP contribution < -0.4 is 10.2 Å². The van der Waals surface area contributed by atoms with Crippen LogP contribution in [0.2, 0.25) is 5.28 Å². The van der Waals surface area contributed by atoms with Gasteiger partial charge in [-0.3, -0.25) is 10.1 Å². The highest BCUT2D eigenvalue weighted by molar-refractivity contribution is 6.28. The molecule has 0 amide bonds. The number of ether oxygens (including phenoxy) is 1. The molecule has 0 spiro atoms. The number of nitrogens with one attached hydrogen (secondary N) is 1. The molecule has 1 aromatic heterocycles. The summed E-state index contributed by atoms with van der Waals surface area (Å²) in [5, 5.41) is 14.2. The summed E-state index contributed by atoms with van der Waals surface area (Å²) in [7, 11) is 0. The predicted octanol–water partition coefficient (Wildman–Crippen LogP) is 2.49. The van der Waals surface area contributed by atoms with Gasteiger partial charge in [-0.1, -0.05) is 12.1 Å². The zero-order valence-corrected chi connectivity index (χ0v) is 13.6. The summed E-state index contributed by atoms with van der Waals surface area (Å²) in [6.07, 6.45) is 1.68. The Hall–Kier alpha value is -2.45. The summed E-state index contributed by atoms with van der Waals surface area (Å²) in [4.78, 5) is 20.9. The van der Waals surface area contributed by atoms with E-state index in [1.807, 2.05) is 6.07 Å². The van der Waals surface area contributed by atoms with E-state index in [0.29, 0.717) is 25.6 Å². The first-order valence-electron chi connectivity index (χ1n) is 7.46. The van der Waals surface area contributed by atoms with Gasteiger partial charge in [0, 0.05) is 31.8 Å². The second-order valence-electron chi connectivity index (χ2n) is 5.25. The van der Waals surface area contributed by atoms with Crippen LogP contribution in [-0.4, -0.2) is 41.2 Å². The van der Waals surface area contributed by atoms with E-state index in [4.69, 9.17) is 16.3 Å². The molecule has 2 aromatic rings. The van der Waals surface area contributed by atoms with Gasteiger partial charge < -0.3 is 15.0 Å². The zero-order valence-electron chi connectivity index (χ0n) is 12.8. The predicted molar refractivity (Wildman–Crippen MR) is 90.5 cm³/mol. The Labute approximate surface area is 143 Å². The summed E-state index contributed by atoms with van der Waals surface area (Å²) in [5.41, 5.74) is 1.68. The summed E-state index contributed by atoms with van der Waals surface area (Å²) < 4.78 is 5.36. The maximum Gasteiger partial charge on any atom is 0.269 e. The van der Waals surface area contributed by atoms with E-state index in [-0.39, 0.29) is 11.0 Å². The van der Waals surface area contributed by atoms with E-state index in [0.717, 1.165) is 24.3 Å². The van der Waals surface area contributed by atoms with Gasteiger partial charge in [-0.15, -0.1) is 0 Å². The highest BCUT2D eigenvalue weighted by atomic mass is 35.5. The quantitative estimate of drug-likeness (QED) is 0.503. The molecule has 24 heavy (non-hydrogen) atoms. The van der Waals surface area contributed by atoms with E-state index < -0.39 is 4.92 Å². The Kier molecular flexibility index (Phi) is 5.07. The third-order valence-corrected chi connectivity index (χ3v) is 3.86. The van der Waals surface area contributed by atoms with Crippen LogP contribution in [0.3, 0.4) is 0 Å². The molecule has 0 aliphatic carbocycles. The first-order valence-corrected chi connectivity index (χ1v) is 7.84. The Balaban J connectivity index is 1.78. The van der Waals surface area contributed by atoms with Crippen molar-refractivity contribution in [3.05, 3.63) is 51.4 Å². The van der Waals surface area contributed by atoms with E-state index in [1.54, 1.807) is 12.3 Å². The molecule has 8 nitrogen and oxygen atoms in total. The number of morpholine rings is 1. The molecule has 0 bridgehead atoms. The van der Waals surface area contributed by atoms with Gasteiger partial charge in [0.2, 0.25) is 5.28 Å². The summed E-state index contributed by atoms with van der Waals surface area (Å²) in [6, 6.07) is 6.47. The number of anilines is 2. The third-order valence-electron chi connectivity index (χ3n) is 3.67. The van der Waals surface area contributed by atoms with Crippen LogP contribution in [0.1, 0.15) is 5.56 Å². The fourth-order valence-corrected chi connectivity index (χ4v) is 2.62. The minimum absolute atomic E-state index is 0.0587. The number of halogens is 1. The average Bonchev–Trinajstić information content (AvgIpc) is 2.61. The van der Waals surface area contributed by atoms with Gasteiger partial charge in [-0.05, 0) is 17.2 Å². The molecule has 2 heterocycles. The monoisotopic (exact) mass is 349 g/mol. The first kappa shape index (κ1) is 16.4. The highest BCUT2D eigenvalue weighted by Gasteiger charge is 2.17. The lowest BCUT2D eigenvalue weighted by Gasteiger charge is -2.29. The minimum Gasteiger partial charge on any atom is -0.378 e.